The van der Waals surface area contributed by atoms with E-state index < -0.39 is 6.23 Å². The third-order valence-electron chi connectivity index (χ3n) is 2.07. The Balaban J connectivity index is 4.68. The molecule has 0 aliphatic rings. The Labute approximate surface area is 108 Å². The first-order valence-corrected chi connectivity index (χ1v) is 5.95. The van der Waals surface area contributed by atoms with Gasteiger partial charge in [0.25, 0.3) is 0 Å². The molecule has 0 amide bonds. The lowest BCUT2D eigenvalue weighted by Gasteiger charge is -2.22. The van der Waals surface area contributed by atoms with Gasteiger partial charge in [-0.05, 0) is 6.42 Å². The number of nitrogens with zero attached hydrogens (tertiary/aromatic N) is 1. The first-order valence-electron chi connectivity index (χ1n) is 5.95. The molecule has 0 heterocycles. The summed E-state index contributed by atoms with van der Waals surface area (Å²) in [6, 6.07) is 0. The summed E-state index contributed by atoms with van der Waals surface area (Å²) in [5, 5.41) is 7.06. The number of unbranched alkanes of at least 4 members (excludes halogenated alkanes) is 1. The normalized spacial score (nSPS) is 12.0. The van der Waals surface area contributed by atoms with Crippen LogP contribution in [-0.4, -0.2) is 29.5 Å². The highest BCUT2D eigenvalue weighted by atomic mass is 16.7. The van der Waals surface area contributed by atoms with Crippen molar-refractivity contribution in [3.8, 4) is 0 Å². The first-order chi connectivity index (χ1) is 8.40. The fourth-order valence-corrected chi connectivity index (χ4v) is 1.18. The zero-order valence-corrected chi connectivity index (χ0v) is 11.3. The predicted molar refractivity (Wildman–Crippen MR) is 69.3 cm³/mol. The van der Waals surface area contributed by atoms with Crippen LogP contribution in [0.4, 0.5) is 0 Å². The van der Waals surface area contributed by atoms with Crippen molar-refractivity contribution in [1.29, 1.82) is 5.41 Å². The Morgan fingerprint density at radius 3 is 2.33 bits per heavy atom. The highest BCUT2D eigenvalue weighted by Crippen LogP contribution is 2.08. The van der Waals surface area contributed by atoms with Crippen LogP contribution in [0.1, 0.15) is 33.6 Å². The Morgan fingerprint density at radius 1 is 1.33 bits per heavy atom. The maximum absolute atomic E-state index is 7.06. The minimum Gasteiger partial charge on any atom is -0.368 e. The zero-order valence-electron chi connectivity index (χ0n) is 11.3. The molecule has 8 N–H and O–H groups in total. The second-order valence-electron chi connectivity index (χ2n) is 4.21. The summed E-state index contributed by atoms with van der Waals surface area (Å²) in [5.74, 6) is -0.277. The van der Waals surface area contributed by atoms with Crippen molar-refractivity contribution in [3.63, 3.8) is 0 Å². The fourth-order valence-electron chi connectivity index (χ4n) is 1.18. The Kier molecular flexibility index (Phi) is 7.61. The van der Waals surface area contributed by atoms with Crippen molar-refractivity contribution in [1.82, 2.24) is 5.48 Å². The maximum Gasteiger partial charge on any atom is 0.380 e. The molecule has 0 spiro atoms. The molecule has 0 saturated carbocycles. The van der Waals surface area contributed by atoms with Crippen LogP contribution in [0.15, 0.2) is 0 Å². The van der Waals surface area contributed by atoms with Crippen molar-refractivity contribution in [2.24, 2.45) is 23.1 Å². The van der Waals surface area contributed by atoms with Crippen molar-refractivity contribution in [3.05, 3.63) is 0 Å². The monoisotopic (exact) mass is 261 g/mol. The van der Waals surface area contributed by atoms with Crippen LogP contribution in [0.3, 0.4) is 0 Å². The minimum atomic E-state index is -0.573. The van der Waals surface area contributed by atoms with E-state index in [1.165, 1.54) is 4.74 Å². The number of hydroxylamine groups is 2. The number of nitrogens with two attached hydrogens (primary N) is 3. The molecule has 0 rings (SSSR count). The molecule has 1 atom stereocenters. The van der Waals surface area contributed by atoms with Gasteiger partial charge in [0.05, 0.1) is 0 Å². The van der Waals surface area contributed by atoms with E-state index in [2.05, 4.69) is 12.4 Å². The van der Waals surface area contributed by atoms with Gasteiger partial charge in [-0.25, -0.2) is 10.3 Å². The summed E-state index contributed by atoms with van der Waals surface area (Å²) in [5.41, 5.74) is 18.6. The van der Waals surface area contributed by atoms with E-state index in [4.69, 9.17) is 32.3 Å². The van der Waals surface area contributed by atoms with E-state index in [1.807, 2.05) is 13.8 Å². The molecule has 0 saturated heterocycles. The van der Waals surface area contributed by atoms with E-state index in [1.54, 1.807) is 0 Å². The summed E-state index contributed by atoms with van der Waals surface area (Å²) in [6.07, 6.45) is 1.31. The van der Waals surface area contributed by atoms with Crippen LogP contribution in [0.25, 0.3) is 0 Å². The molecule has 0 aromatic carbocycles. The van der Waals surface area contributed by atoms with Gasteiger partial charge in [-0.1, -0.05) is 31.9 Å². The molecular formula is C10H25N6O2+. The maximum atomic E-state index is 7.06. The van der Waals surface area contributed by atoms with Crippen LogP contribution in [-0.2, 0) is 9.68 Å². The highest BCUT2D eigenvalue weighted by molar-refractivity contribution is 5.73. The van der Waals surface area contributed by atoms with Crippen molar-refractivity contribution < 1.29 is 14.4 Å². The zero-order chi connectivity index (χ0) is 14.1. The number of nitrogens with one attached hydrogen (secondary N) is 2. The van der Waals surface area contributed by atoms with E-state index in [-0.39, 0.29) is 17.8 Å². The Morgan fingerprint density at radius 2 is 1.94 bits per heavy atom. The van der Waals surface area contributed by atoms with Crippen molar-refractivity contribution in [2.45, 2.75) is 39.8 Å². The lowest BCUT2D eigenvalue weighted by molar-refractivity contribution is -0.842. The third kappa shape index (κ3) is 6.14. The van der Waals surface area contributed by atoms with E-state index in [0.717, 1.165) is 12.8 Å². The molecule has 1 unspecified atom stereocenters. The fraction of sp³-hybridized carbons (Fsp3) is 0.800. The van der Waals surface area contributed by atoms with Crippen LogP contribution in [0.2, 0.25) is 0 Å². The van der Waals surface area contributed by atoms with Crippen molar-refractivity contribution >= 4 is 11.9 Å². The van der Waals surface area contributed by atoms with E-state index in [0.29, 0.717) is 6.61 Å². The van der Waals surface area contributed by atoms with Gasteiger partial charge in [0.2, 0.25) is 12.2 Å². The SMILES string of the molecule is CCCCO[N+](=C(N)N)C(ONC(=N)N)C(C)C. The lowest BCUT2D eigenvalue weighted by atomic mass is 10.2. The molecule has 18 heavy (non-hydrogen) atoms. The molecule has 106 valence electrons. The summed E-state index contributed by atoms with van der Waals surface area (Å²) in [6.45, 7) is 6.36. The van der Waals surface area contributed by atoms with Crippen LogP contribution >= 0.6 is 0 Å². The topological polar surface area (TPSA) is 135 Å². The summed E-state index contributed by atoms with van der Waals surface area (Å²) in [7, 11) is 0. The molecule has 0 aromatic rings. The molecule has 8 nitrogen and oxygen atoms in total. The number of rotatable bonds is 8. The largest absolute Gasteiger partial charge is 0.380 e. The van der Waals surface area contributed by atoms with Gasteiger partial charge in [0, 0.05) is 5.92 Å². The standard InChI is InChI=1S/C10H24N6O2/c1-4-5-6-17-16(10(13)14)8(7(2)3)18-15-9(11)12/h7-8H,4-6H2,1-3H3,(H7,11,12,13,14,15)/p+1. The molecule has 0 aliphatic heterocycles. The molecule has 8 heteroatoms. The van der Waals surface area contributed by atoms with Crippen LogP contribution in [0.5, 0.6) is 0 Å². The van der Waals surface area contributed by atoms with Gasteiger partial charge in [-0.2, -0.15) is 0 Å². The van der Waals surface area contributed by atoms with Gasteiger partial charge in [0.15, 0.2) is 0 Å². The summed E-state index contributed by atoms with van der Waals surface area (Å²) in [4.78, 5) is 10.7. The van der Waals surface area contributed by atoms with Gasteiger partial charge >= 0.3 is 5.96 Å². The van der Waals surface area contributed by atoms with Gasteiger partial charge in [0.1, 0.15) is 6.61 Å². The average Bonchev–Trinajstić information content (AvgIpc) is 2.25. The quantitative estimate of drug-likeness (QED) is 0.0988. The van der Waals surface area contributed by atoms with Gasteiger partial charge in [-0.15, -0.1) is 0 Å². The molecule has 0 radical (unpaired) electrons. The molecule has 0 fully saturated rings. The number of hydrogen-bond donors (Lipinski definition) is 5. The molecule has 0 aromatic heterocycles. The van der Waals surface area contributed by atoms with E-state index >= 15 is 0 Å². The predicted octanol–water partition coefficient (Wildman–Crippen LogP) is -0.599. The van der Waals surface area contributed by atoms with Gasteiger partial charge in [-0.3, -0.25) is 16.9 Å². The highest BCUT2D eigenvalue weighted by Gasteiger charge is 2.26. The van der Waals surface area contributed by atoms with Crippen LogP contribution in [0, 0.1) is 11.3 Å². The smallest absolute Gasteiger partial charge is 0.368 e. The van der Waals surface area contributed by atoms with Gasteiger partial charge < -0.3 is 10.6 Å². The molecule has 0 aliphatic carbocycles. The summed E-state index contributed by atoms with van der Waals surface area (Å²) < 4.78 is 1.29. The molecule has 0 bridgehead atoms. The second kappa shape index (κ2) is 8.40. The van der Waals surface area contributed by atoms with Crippen LogP contribution < -0.4 is 22.7 Å². The Hall–Kier alpha value is -1.70. The lowest BCUT2D eigenvalue weighted by Crippen LogP contribution is -2.48. The average molecular weight is 261 g/mol. The van der Waals surface area contributed by atoms with Crippen molar-refractivity contribution in [2.75, 3.05) is 6.61 Å². The first kappa shape index (κ1) is 16.3. The number of guanidine groups is 2. The second-order valence-corrected chi connectivity index (χ2v) is 4.21. The molecular weight excluding hydrogens is 236 g/mol. The van der Waals surface area contributed by atoms with E-state index in [9.17, 15) is 0 Å². The third-order valence-corrected chi connectivity index (χ3v) is 2.07. The Bertz CT molecular complexity index is 288. The minimum absolute atomic E-state index is 0.00449. The summed E-state index contributed by atoms with van der Waals surface area (Å²) >= 11 is 0. The number of hydrogen-bond acceptors (Lipinski definition) is 3.